The van der Waals surface area contributed by atoms with Crippen LogP contribution >= 0.6 is 0 Å². The zero-order chi connectivity index (χ0) is 17.6. The number of phenols is 1. The van der Waals surface area contributed by atoms with Gasteiger partial charge in [-0.1, -0.05) is 46.6 Å². The summed E-state index contributed by atoms with van der Waals surface area (Å²) in [6.45, 7) is 10.5. The maximum Gasteiger partial charge on any atom is 0.220 e. The number of carbonyl (C=O) groups excluding carboxylic acids is 1. The van der Waals surface area contributed by atoms with E-state index in [0.717, 1.165) is 17.5 Å². The lowest BCUT2D eigenvalue weighted by molar-refractivity contribution is -0.121. The van der Waals surface area contributed by atoms with Gasteiger partial charge in [0, 0.05) is 12.0 Å². The first-order chi connectivity index (χ1) is 11.3. The standard InChI is InChI=1S/C21H31NO2/c1-6-16(23)22-19-14-10-8-7-9-13(14)17-12(2)11-15(21(3,4)5)20(24)18(17)19/h11,13-14,19,24H,6-10H2,1-5H3,(H,22,23). The molecule has 0 heterocycles. The molecule has 0 radical (unpaired) electrons. The van der Waals surface area contributed by atoms with Crippen molar-refractivity contribution in [1.29, 1.82) is 0 Å². The molecule has 3 nitrogen and oxygen atoms in total. The van der Waals surface area contributed by atoms with E-state index in [0.29, 0.717) is 24.0 Å². The van der Waals surface area contributed by atoms with E-state index in [9.17, 15) is 9.90 Å². The lowest BCUT2D eigenvalue weighted by Crippen LogP contribution is -2.32. The molecule has 1 saturated carbocycles. The van der Waals surface area contributed by atoms with E-state index in [1.54, 1.807) is 0 Å². The Labute approximate surface area is 145 Å². The van der Waals surface area contributed by atoms with Gasteiger partial charge in [0.25, 0.3) is 0 Å². The molecule has 2 aliphatic carbocycles. The lowest BCUT2D eigenvalue weighted by atomic mass is 9.77. The SMILES string of the molecule is CCC(=O)NC1c2c(O)c(C(C)(C)C)cc(C)c2C2CCCCC21. The average molecular weight is 329 g/mol. The molecule has 3 unspecified atom stereocenters. The molecule has 2 N–H and O–H groups in total. The Morgan fingerprint density at radius 3 is 2.54 bits per heavy atom. The van der Waals surface area contributed by atoms with Crippen molar-refractivity contribution in [1.82, 2.24) is 5.32 Å². The van der Waals surface area contributed by atoms with Crippen molar-refractivity contribution in [3.8, 4) is 5.75 Å². The van der Waals surface area contributed by atoms with Gasteiger partial charge in [-0.15, -0.1) is 0 Å². The maximum absolute atomic E-state index is 12.1. The Bertz CT molecular complexity index is 657. The van der Waals surface area contributed by atoms with E-state index < -0.39 is 0 Å². The normalized spacial score (nSPS) is 26.0. The summed E-state index contributed by atoms with van der Waals surface area (Å²) < 4.78 is 0. The molecule has 0 bridgehead atoms. The number of benzene rings is 1. The zero-order valence-corrected chi connectivity index (χ0v) is 15.7. The zero-order valence-electron chi connectivity index (χ0n) is 15.7. The van der Waals surface area contributed by atoms with E-state index in [4.69, 9.17) is 0 Å². The van der Waals surface area contributed by atoms with Gasteiger partial charge >= 0.3 is 0 Å². The van der Waals surface area contributed by atoms with Crippen LogP contribution in [0.15, 0.2) is 6.07 Å². The van der Waals surface area contributed by atoms with Crippen LogP contribution in [0.3, 0.4) is 0 Å². The Morgan fingerprint density at radius 1 is 1.25 bits per heavy atom. The highest BCUT2D eigenvalue weighted by molar-refractivity contribution is 5.77. The first kappa shape index (κ1) is 17.3. The second-order valence-electron chi connectivity index (χ2n) is 8.62. The molecular weight excluding hydrogens is 298 g/mol. The number of nitrogens with one attached hydrogen (secondary N) is 1. The average Bonchev–Trinajstić information content (AvgIpc) is 2.85. The van der Waals surface area contributed by atoms with Crippen LogP contribution in [0, 0.1) is 12.8 Å². The topological polar surface area (TPSA) is 49.3 Å². The predicted octanol–water partition coefficient (Wildman–Crippen LogP) is 4.85. The van der Waals surface area contributed by atoms with Gasteiger partial charge in [0.2, 0.25) is 5.91 Å². The van der Waals surface area contributed by atoms with Crippen molar-refractivity contribution in [2.45, 2.75) is 84.1 Å². The van der Waals surface area contributed by atoms with Crippen LogP contribution in [0.2, 0.25) is 0 Å². The first-order valence-corrected chi connectivity index (χ1v) is 9.41. The summed E-state index contributed by atoms with van der Waals surface area (Å²) in [6.07, 6.45) is 5.26. The summed E-state index contributed by atoms with van der Waals surface area (Å²) >= 11 is 0. The number of hydrogen-bond donors (Lipinski definition) is 2. The second-order valence-corrected chi connectivity index (χ2v) is 8.62. The third-order valence-electron chi connectivity index (χ3n) is 5.96. The minimum absolute atomic E-state index is 0.0289. The quantitative estimate of drug-likeness (QED) is 0.814. The summed E-state index contributed by atoms with van der Waals surface area (Å²) in [5.74, 6) is 1.41. The third-order valence-corrected chi connectivity index (χ3v) is 5.96. The number of phenolic OH excluding ortho intramolecular Hbond substituents is 1. The van der Waals surface area contributed by atoms with E-state index in [2.05, 4.69) is 39.1 Å². The molecule has 0 saturated heterocycles. The number of carbonyl (C=O) groups is 1. The number of rotatable bonds is 2. The largest absolute Gasteiger partial charge is 0.507 e. The van der Waals surface area contributed by atoms with Gasteiger partial charge in [-0.25, -0.2) is 0 Å². The molecule has 1 fully saturated rings. The molecule has 1 aromatic rings. The fourth-order valence-corrected chi connectivity index (χ4v) is 4.81. The monoisotopic (exact) mass is 329 g/mol. The number of hydrogen-bond acceptors (Lipinski definition) is 2. The van der Waals surface area contributed by atoms with E-state index >= 15 is 0 Å². The van der Waals surface area contributed by atoms with Crippen LogP contribution in [-0.4, -0.2) is 11.0 Å². The number of amides is 1. The molecule has 3 heteroatoms. The Hall–Kier alpha value is -1.51. The van der Waals surface area contributed by atoms with Crippen molar-refractivity contribution in [3.05, 3.63) is 28.3 Å². The highest BCUT2D eigenvalue weighted by Crippen LogP contribution is 2.57. The molecule has 1 amide bonds. The number of aryl methyl sites for hydroxylation is 1. The van der Waals surface area contributed by atoms with Crippen LogP contribution in [0.5, 0.6) is 5.75 Å². The lowest BCUT2D eigenvalue weighted by Gasteiger charge is -2.30. The Morgan fingerprint density at radius 2 is 1.92 bits per heavy atom. The molecule has 24 heavy (non-hydrogen) atoms. The van der Waals surface area contributed by atoms with Gasteiger partial charge in [-0.2, -0.15) is 0 Å². The highest BCUT2D eigenvalue weighted by atomic mass is 16.3. The van der Waals surface area contributed by atoms with Gasteiger partial charge in [-0.05, 0) is 53.7 Å². The Kier molecular flexibility index (Phi) is 4.39. The van der Waals surface area contributed by atoms with Crippen LogP contribution in [0.1, 0.15) is 94.0 Å². The van der Waals surface area contributed by atoms with E-state index in [1.165, 1.54) is 30.4 Å². The molecule has 3 rings (SSSR count). The minimum Gasteiger partial charge on any atom is -0.507 e. The summed E-state index contributed by atoms with van der Waals surface area (Å²) in [4.78, 5) is 12.1. The van der Waals surface area contributed by atoms with Crippen LogP contribution in [0.25, 0.3) is 0 Å². The number of aromatic hydroxyl groups is 1. The van der Waals surface area contributed by atoms with Crippen molar-refractivity contribution in [2.75, 3.05) is 0 Å². The predicted molar refractivity (Wildman–Crippen MR) is 97.4 cm³/mol. The summed E-state index contributed by atoms with van der Waals surface area (Å²) in [5, 5.41) is 14.4. The van der Waals surface area contributed by atoms with Gasteiger partial charge < -0.3 is 10.4 Å². The van der Waals surface area contributed by atoms with Crippen molar-refractivity contribution in [2.24, 2.45) is 5.92 Å². The van der Waals surface area contributed by atoms with Crippen LogP contribution in [0.4, 0.5) is 0 Å². The molecule has 132 valence electrons. The number of fused-ring (bicyclic) bond motifs is 3. The van der Waals surface area contributed by atoms with Crippen molar-refractivity contribution >= 4 is 5.91 Å². The highest BCUT2D eigenvalue weighted by Gasteiger charge is 2.45. The second kappa shape index (κ2) is 6.09. The van der Waals surface area contributed by atoms with Gasteiger partial charge in [0.05, 0.1) is 6.04 Å². The molecule has 1 aromatic carbocycles. The van der Waals surface area contributed by atoms with Crippen LogP contribution in [-0.2, 0) is 10.2 Å². The summed E-state index contributed by atoms with van der Waals surface area (Å²) in [6, 6.07) is 2.14. The van der Waals surface area contributed by atoms with Gasteiger partial charge in [0.15, 0.2) is 0 Å². The first-order valence-electron chi connectivity index (χ1n) is 9.41. The molecule has 0 spiro atoms. The van der Waals surface area contributed by atoms with E-state index in [-0.39, 0.29) is 17.4 Å². The summed E-state index contributed by atoms with van der Waals surface area (Å²) in [5.41, 5.74) is 4.48. The molecule has 3 atom stereocenters. The minimum atomic E-state index is -0.114. The van der Waals surface area contributed by atoms with Gasteiger partial charge in [0.1, 0.15) is 5.75 Å². The summed E-state index contributed by atoms with van der Waals surface area (Å²) in [7, 11) is 0. The molecule has 0 aromatic heterocycles. The molecule has 2 aliphatic rings. The smallest absolute Gasteiger partial charge is 0.220 e. The Balaban J connectivity index is 2.17. The van der Waals surface area contributed by atoms with Crippen LogP contribution < -0.4 is 5.32 Å². The fourth-order valence-electron chi connectivity index (χ4n) is 4.81. The van der Waals surface area contributed by atoms with Crippen molar-refractivity contribution in [3.63, 3.8) is 0 Å². The third kappa shape index (κ3) is 2.72. The molecule has 0 aliphatic heterocycles. The maximum atomic E-state index is 12.1. The van der Waals surface area contributed by atoms with Gasteiger partial charge in [-0.3, -0.25) is 4.79 Å². The fraction of sp³-hybridized carbons (Fsp3) is 0.667. The molecular formula is C21H31NO2. The van der Waals surface area contributed by atoms with Crippen molar-refractivity contribution < 1.29 is 9.90 Å². The van der Waals surface area contributed by atoms with E-state index in [1.807, 2.05) is 6.92 Å².